The summed E-state index contributed by atoms with van der Waals surface area (Å²) in [5.74, 6) is -1.98. The Balaban J connectivity index is 0.000000555. The molecule has 0 fully saturated rings. The Morgan fingerprint density at radius 1 is 0.676 bits per heavy atom. The average Bonchev–Trinajstić information content (AvgIpc) is 2.80. The van der Waals surface area contributed by atoms with E-state index in [0.29, 0.717) is 37.8 Å². The first-order chi connectivity index (χ1) is 17.4. The summed E-state index contributed by atoms with van der Waals surface area (Å²) in [5.41, 5.74) is 11.6. The van der Waals surface area contributed by atoms with Gasteiger partial charge in [0.1, 0.15) is 0 Å². The Morgan fingerprint density at radius 3 is 1.14 bits per heavy atom. The molecule has 2 rings (SSSR count). The van der Waals surface area contributed by atoms with Crippen LogP contribution in [0.2, 0.25) is 0 Å². The normalized spacial score (nSPS) is 10.9. The number of nitrogens with two attached hydrogens (primary N) is 2. The second kappa shape index (κ2) is 18.4. The third kappa shape index (κ3) is 14.0. The van der Waals surface area contributed by atoms with Crippen LogP contribution in [0.25, 0.3) is 0 Å². The van der Waals surface area contributed by atoms with E-state index in [1.54, 1.807) is 36.4 Å². The van der Waals surface area contributed by atoms with E-state index in [4.69, 9.17) is 67.7 Å². The molecule has 208 valence electrons. The zero-order chi connectivity index (χ0) is 28.5. The minimum absolute atomic E-state index is 0.155. The predicted molar refractivity (Wildman–Crippen MR) is 152 cm³/mol. The topological polar surface area (TPSA) is 173 Å². The van der Waals surface area contributed by atoms with Crippen molar-refractivity contribution >= 4 is 60.4 Å². The van der Waals surface area contributed by atoms with Crippen LogP contribution in [0.15, 0.2) is 48.5 Å². The van der Waals surface area contributed by atoms with Gasteiger partial charge in [0.15, 0.2) is 0 Å². The SMILES string of the molecule is CCOP(=S)(OCC)OP(=S)(OCC)OCC.Nc1ccccc1C(=O)O.Nc1ccccc1C(=O)O. The number of nitrogen functional groups attached to an aromatic ring is 2. The maximum absolute atomic E-state index is 10.3. The summed E-state index contributed by atoms with van der Waals surface area (Å²) < 4.78 is 26.9. The lowest BCUT2D eigenvalue weighted by Crippen LogP contribution is -2.03. The van der Waals surface area contributed by atoms with Crippen molar-refractivity contribution in [2.24, 2.45) is 0 Å². The molecule has 0 aromatic heterocycles. The number of carboxylic acids is 2. The van der Waals surface area contributed by atoms with Crippen molar-refractivity contribution in [2.45, 2.75) is 27.7 Å². The molecule has 37 heavy (non-hydrogen) atoms. The van der Waals surface area contributed by atoms with Gasteiger partial charge in [0.05, 0.1) is 37.6 Å². The third-order valence-electron chi connectivity index (χ3n) is 3.73. The number of carbonyl (C=O) groups is 2. The van der Waals surface area contributed by atoms with Gasteiger partial charge in [-0.2, -0.15) is 0 Å². The van der Waals surface area contributed by atoms with E-state index in [9.17, 15) is 9.59 Å². The fourth-order valence-electron chi connectivity index (χ4n) is 2.31. The minimum atomic E-state index is -2.87. The van der Waals surface area contributed by atoms with Crippen molar-refractivity contribution in [1.29, 1.82) is 0 Å². The van der Waals surface area contributed by atoms with Crippen LogP contribution in [0.3, 0.4) is 0 Å². The lowest BCUT2D eigenvalue weighted by molar-refractivity contribution is 0.0687. The molecule has 0 bridgehead atoms. The highest BCUT2D eigenvalue weighted by Gasteiger charge is 2.32. The standard InChI is InChI=1S/C8H20O5P2S2.2C7H7NO2/c1-5-9-14(16,10-6-2)13-15(17,11-7-3)12-8-4;2*8-6-4-2-1-3-5(6)7(9)10/h5-8H2,1-4H3;2*1-4H,8H2,(H,9,10). The number of aromatic carboxylic acids is 2. The summed E-state index contributed by atoms with van der Waals surface area (Å²) in [5, 5.41) is 17.0. The number of para-hydroxylation sites is 2. The van der Waals surface area contributed by atoms with Crippen LogP contribution in [0.1, 0.15) is 48.4 Å². The fraction of sp³-hybridized carbons (Fsp3) is 0.364. The van der Waals surface area contributed by atoms with E-state index in [1.807, 2.05) is 27.7 Å². The van der Waals surface area contributed by atoms with Crippen LogP contribution in [-0.2, 0) is 46.0 Å². The quantitative estimate of drug-likeness (QED) is 0.178. The van der Waals surface area contributed by atoms with Crippen LogP contribution < -0.4 is 11.5 Å². The second-order valence-corrected chi connectivity index (χ2v) is 12.6. The van der Waals surface area contributed by atoms with E-state index >= 15 is 0 Å². The summed E-state index contributed by atoms with van der Waals surface area (Å²) in [6, 6.07) is 12.7. The highest BCUT2D eigenvalue weighted by atomic mass is 32.5. The van der Waals surface area contributed by atoms with Gasteiger partial charge in [-0.05, 0) is 75.6 Å². The van der Waals surface area contributed by atoms with Crippen molar-refractivity contribution in [2.75, 3.05) is 37.9 Å². The van der Waals surface area contributed by atoms with Gasteiger partial charge in [0.2, 0.25) is 0 Å². The van der Waals surface area contributed by atoms with Crippen molar-refractivity contribution < 1.29 is 42.2 Å². The van der Waals surface area contributed by atoms with Gasteiger partial charge in [-0.15, -0.1) is 0 Å². The summed E-state index contributed by atoms with van der Waals surface area (Å²) in [6.45, 7) is 3.09. The zero-order valence-corrected chi connectivity index (χ0v) is 24.5. The van der Waals surface area contributed by atoms with Crippen molar-refractivity contribution in [3.05, 3.63) is 59.7 Å². The van der Waals surface area contributed by atoms with Crippen LogP contribution in [0.4, 0.5) is 11.4 Å². The Morgan fingerprint density at radius 2 is 0.946 bits per heavy atom. The van der Waals surface area contributed by atoms with Gasteiger partial charge in [-0.25, -0.2) is 13.9 Å². The lowest BCUT2D eigenvalue weighted by atomic mass is 10.2. The number of anilines is 2. The van der Waals surface area contributed by atoms with Crippen molar-refractivity contribution in [1.82, 2.24) is 0 Å². The Hall–Kier alpha value is -1.92. The van der Waals surface area contributed by atoms with Crippen molar-refractivity contribution in [3.8, 4) is 0 Å². The number of rotatable bonds is 12. The molecule has 2 aromatic carbocycles. The number of hydrogen-bond acceptors (Lipinski definition) is 11. The molecule has 0 aliphatic heterocycles. The molecule has 11 nitrogen and oxygen atoms in total. The molecule has 0 saturated heterocycles. The van der Waals surface area contributed by atoms with E-state index in [-0.39, 0.29) is 11.1 Å². The fourth-order valence-corrected chi connectivity index (χ4v) is 8.68. The molecular weight excluding hydrogens is 562 g/mol. The van der Waals surface area contributed by atoms with Crippen LogP contribution in [-0.4, -0.2) is 48.6 Å². The Kier molecular flexibility index (Phi) is 17.4. The molecule has 0 aliphatic rings. The van der Waals surface area contributed by atoms with Gasteiger partial charge in [0.25, 0.3) is 0 Å². The average molecular weight is 597 g/mol. The first kappa shape index (κ1) is 35.1. The molecule has 0 amide bonds. The van der Waals surface area contributed by atoms with Gasteiger partial charge in [-0.3, -0.25) is 0 Å². The maximum atomic E-state index is 10.3. The number of benzene rings is 2. The van der Waals surface area contributed by atoms with Crippen molar-refractivity contribution in [3.63, 3.8) is 0 Å². The van der Waals surface area contributed by atoms with Gasteiger partial charge in [-0.1, -0.05) is 24.3 Å². The highest BCUT2D eigenvalue weighted by Crippen LogP contribution is 2.66. The molecular formula is C22H34N2O9P2S2. The smallest absolute Gasteiger partial charge is 0.337 e. The summed E-state index contributed by atoms with van der Waals surface area (Å²) >= 11 is 10.4. The number of carboxylic acid groups (broad SMARTS) is 2. The summed E-state index contributed by atoms with van der Waals surface area (Å²) in [6.07, 6.45) is 0. The summed E-state index contributed by atoms with van der Waals surface area (Å²) in [7, 11) is 0. The Bertz CT molecular complexity index is 986. The molecule has 6 N–H and O–H groups in total. The second-order valence-electron chi connectivity index (χ2n) is 6.43. The monoisotopic (exact) mass is 596 g/mol. The minimum Gasteiger partial charge on any atom is -0.478 e. The maximum Gasteiger partial charge on any atom is 0.337 e. The first-order valence-corrected chi connectivity index (χ1v) is 16.1. The van der Waals surface area contributed by atoms with Gasteiger partial charge in [0, 0.05) is 11.4 Å². The first-order valence-electron chi connectivity index (χ1n) is 11.0. The number of hydrogen-bond donors (Lipinski definition) is 4. The van der Waals surface area contributed by atoms with E-state index in [1.165, 1.54) is 12.1 Å². The Labute approximate surface area is 227 Å². The predicted octanol–water partition coefficient (Wildman–Crippen LogP) is 5.53. The van der Waals surface area contributed by atoms with Crippen LogP contribution in [0.5, 0.6) is 0 Å². The van der Waals surface area contributed by atoms with E-state index < -0.39 is 25.4 Å². The van der Waals surface area contributed by atoms with E-state index in [2.05, 4.69) is 0 Å². The van der Waals surface area contributed by atoms with Crippen LogP contribution >= 0.6 is 13.4 Å². The molecule has 2 aromatic rings. The van der Waals surface area contributed by atoms with Crippen LogP contribution in [0, 0.1) is 0 Å². The molecule has 0 heterocycles. The molecule has 0 saturated carbocycles. The summed E-state index contributed by atoms with van der Waals surface area (Å²) in [4.78, 5) is 20.7. The third-order valence-corrected chi connectivity index (χ3v) is 10.1. The van der Waals surface area contributed by atoms with Gasteiger partial charge < -0.3 is 39.8 Å². The highest BCUT2D eigenvalue weighted by molar-refractivity contribution is 8.14. The lowest BCUT2D eigenvalue weighted by Gasteiger charge is -2.27. The largest absolute Gasteiger partial charge is 0.478 e. The molecule has 15 heteroatoms. The molecule has 0 spiro atoms. The molecule has 0 atom stereocenters. The zero-order valence-electron chi connectivity index (χ0n) is 21.1. The molecule has 0 radical (unpaired) electrons. The van der Waals surface area contributed by atoms with E-state index in [0.717, 1.165) is 0 Å². The molecule has 0 aliphatic carbocycles. The van der Waals surface area contributed by atoms with Gasteiger partial charge >= 0.3 is 25.4 Å². The molecule has 0 unspecified atom stereocenters.